The molecule has 0 spiro atoms. The molecule has 1 aromatic carbocycles. The van der Waals surface area contributed by atoms with Crippen molar-refractivity contribution in [1.82, 2.24) is 0 Å². The first-order valence-corrected chi connectivity index (χ1v) is 5.46. The summed E-state index contributed by atoms with van der Waals surface area (Å²) in [5.41, 5.74) is 0.233. The highest BCUT2D eigenvalue weighted by Gasteiger charge is 2.28. The molecule has 1 fully saturated rings. The topological polar surface area (TPSA) is 66.8 Å². The average Bonchev–Trinajstić information content (AvgIpc) is 2.37. The van der Waals surface area contributed by atoms with Crippen molar-refractivity contribution in [2.24, 2.45) is 0 Å². The van der Waals surface area contributed by atoms with E-state index in [1.807, 2.05) is 0 Å². The molecule has 19 heavy (non-hydrogen) atoms. The Kier molecular flexibility index (Phi) is 3.90. The maximum absolute atomic E-state index is 13.7. The van der Waals surface area contributed by atoms with Gasteiger partial charge < -0.3 is 9.84 Å². The standard InChI is InChI=1S/C13H10FNO4/c14-11-6-10(4-3-9(11)2-1-5-16)15-12(17)7-19-8-13(15)18/h3-4,6,16H,5,7-8H2. The summed E-state index contributed by atoms with van der Waals surface area (Å²) in [6, 6.07) is 3.83. The first kappa shape index (κ1) is 13.2. The molecule has 0 bridgehead atoms. The van der Waals surface area contributed by atoms with Gasteiger partial charge in [-0.1, -0.05) is 11.8 Å². The van der Waals surface area contributed by atoms with Crippen LogP contribution in [0, 0.1) is 17.7 Å². The van der Waals surface area contributed by atoms with Crippen LogP contribution in [0.2, 0.25) is 0 Å². The van der Waals surface area contributed by atoms with Crippen LogP contribution in [-0.4, -0.2) is 36.7 Å². The fraction of sp³-hybridized carbons (Fsp3) is 0.231. The van der Waals surface area contributed by atoms with Crippen LogP contribution >= 0.6 is 0 Å². The minimum absolute atomic E-state index is 0.0888. The van der Waals surface area contributed by atoms with Crippen LogP contribution in [-0.2, 0) is 14.3 Å². The molecule has 1 aliphatic rings. The molecule has 6 heteroatoms. The van der Waals surface area contributed by atoms with Crippen LogP contribution in [0.5, 0.6) is 0 Å². The molecule has 0 saturated carbocycles. The minimum Gasteiger partial charge on any atom is -0.384 e. The maximum atomic E-state index is 13.7. The number of amides is 2. The number of carbonyl (C=O) groups is 2. The largest absolute Gasteiger partial charge is 0.384 e. The zero-order valence-corrected chi connectivity index (χ0v) is 9.85. The summed E-state index contributed by atoms with van der Waals surface area (Å²) in [7, 11) is 0. The van der Waals surface area contributed by atoms with Crippen molar-refractivity contribution in [3.63, 3.8) is 0 Å². The van der Waals surface area contributed by atoms with Gasteiger partial charge in [0, 0.05) is 0 Å². The molecular formula is C13H10FNO4. The molecule has 1 aliphatic heterocycles. The van der Waals surface area contributed by atoms with Crippen molar-refractivity contribution in [3.05, 3.63) is 29.6 Å². The number of morpholine rings is 1. The number of ether oxygens (including phenoxy) is 1. The molecular weight excluding hydrogens is 253 g/mol. The first-order valence-electron chi connectivity index (χ1n) is 5.46. The number of hydrogen-bond acceptors (Lipinski definition) is 4. The molecule has 1 saturated heterocycles. The first-order chi connectivity index (χ1) is 9.13. The van der Waals surface area contributed by atoms with E-state index >= 15 is 0 Å². The Morgan fingerprint density at radius 1 is 1.32 bits per heavy atom. The van der Waals surface area contributed by atoms with Crippen LogP contribution in [0.3, 0.4) is 0 Å². The third-order valence-corrected chi connectivity index (χ3v) is 2.46. The molecule has 2 rings (SSSR count). The Balaban J connectivity index is 2.33. The predicted molar refractivity (Wildman–Crippen MR) is 63.7 cm³/mol. The van der Waals surface area contributed by atoms with Crippen LogP contribution < -0.4 is 4.90 Å². The van der Waals surface area contributed by atoms with Crippen molar-refractivity contribution < 1.29 is 23.8 Å². The second-order valence-corrected chi connectivity index (χ2v) is 3.74. The van der Waals surface area contributed by atoms with Gasteiger partial charge >= 0.3 is 0 Å². The Morgan fingerprint density at radius 2 is 2.00 bits per heavy atom. The van der Waals surface area contributed by atoms with Crippen molar-refractivity contribution in [3.8, 4) is 11.8 Å². The number of rotatable bonds is 1. The van der Waals surface area contributed by atoms with Gasteiger partial charge in [0.05, 0.1) is 11.3 Å². The zero-order valence-electron chi connectivity index (χ0n) is 9.85. The van der Waals surface area contributed by atoms with E-state index in [1.54, 1.807) is 0 Å². The number of carbonyl (C=O) groups excluding carboxylic acids is 2. The fourth-order valence-corrected chi connectivity index (χ4v) is 1.66. The maximum Gasteiger partial charge on any atom is 0.259 e. The van der Waals surface area contributed by atoms with Crippen LogP contribution in [0.4, 0.5) is 10.1 Å². The monoisotopic (exact) mass is 263 g/mol. The van der Waals surface area contributed by atoms with Gasteiger partial charge in [0.25, 0.3) is 11.8 Å². The normalized spacial score (nSPS) is 15.2. The number of anilines is 1. The SMILES string of the molecule is O=C1COCC(=O)N1c1ccc(C#CCO)c(F)c1. The summed E-state index contributed by atoms with van der Waals surface area (Å²) < 4.78 is 18.5. The van der Waals surface area contributed by atoms with E-state index in [2.05, 4.69) is 11.8 Å². The van der Waals surface area contributed by atoms with Crippen molar-refractivity contribution in [2.45, 2.75) is 0 Å². The van der Waals surface area contributed by atoms with Gasteiger partial charge in [-0.2, -0.15) is 0 Å². The smallest absolute Gasteiger partial charge is 0.259 e. The number of benzene rings is 1. The van der Waals surface area contributed by atoms with Gasteiger partial charge in [-0.15, -0.1) is 0 Å². The third-order valence-electron chi connectivity index (χ3n) is 2.46. The van der Waals surface area contributed by atoms with E-state index in [4.69, 9.17) is 9.84 Å². The molecule has 1 N–H and O–H groups in total. The molecule has 5 nitrogen and oxygen atoms in total. The van der Waals surface area contributed by atoms with Crippen molar-refractivity contribution >= 4 is 17.5 Å². The lowest BCUT2D eigenvalue weighted by Gasteiger charge is -2.24. The predicted octanol–water partition coefficient (Wildman–Crippen LogP) is 0.0593. The Labute approximate surface area is 108 Å². The summed E-state index contributed by atoms with van der Waals surface area (Å²) in [6.45, 7) is -0.791. The van der Waals surface area contributed by atoms with Crippen molar-refractivity contribution in [2.75, 3.05) is 24.7 Å². The zero-order chi connectivity index (χ0) is 13.8. The lowest BCUT2D eigenvalue weighted by atomic mass is 10.1. The van der Waals surface area contributed by atoms with Gasteiger partial charge in [0.2, 0.25) is 0 Å². The van der Waals surface area contributed by atoms with E-state index in [0.29, 0.717) is 0 Å². The summed E-state index contributed by atoms with van der Waals surface area (Å²) in [5, 5.41) is 8.54. The van der Waals surface area contributed by atoms with Gasteiger partial charge in [-0.25, -0.2) is 9.29 Å². The van der Waals surface area contributed by atoms with Gasteiger partial charge in [-0.05, 0) is 18.2 Å². The second kappa shape index (κ2) is 5.61. The summed E-state index contributed by atoms with van der Waals surface area (Å²) >= 11 is 0. The molecule has 1 aromatic rings. The van der Waals surface area contributed by atoms with Gasteiger partial charge in [0.1, 0.15) is 25.6 Å². The number of aliphatic hydroxyl groups is 1. The summed E-state index contributed by atoms with van der Waals surface area (Å²) in [6.07, 6.45) is 0. The van der Waals surface area contributed by atoms with E-state index in [0.717, 1.165) is 11.0 Å². The Hall–Kier alpha value is -2.23. The minimum atomic E-state index is -0.662. The molecule has 1 heterocycles. The van der Waals surface area contributed by atoms with Crippen LogP contribution in [0.15, 0.2) is 18.2 Å². The Morgan fingerprint density at radius 3 is 2.58 bits per heavy atom. The summed E-state index contributed by atoms with van der Waals surface area (Å²) in [5.74, 6) is 3.01. The molecule has 2 amide bonds. The third kappa shape index (κ3) is 2.78. The number of nitrogens with zero attached hydrogens (tertiary/aromatic N) is 1. The van der Waals surface area contributed by atoms with Crippen LogP contribution in [0.1, 0.15) is 5.56 Å². The highest BCUT2D eigenvalue weighted by molar-refractivity contribution is 6.17. The highest BCUT2D eigenvalue weighted by Crippen LogP contribution is 2.20. The quantitative estimate of drug-likeness (QED) is 0.574. The molecule has 0 unspecified atom stereocenters. The lowest BCUT2D eigenvalue weighted by molar-refractivity contribution is -0.138. The molecule has 0 aliphatic carbocycles. The number of aliphatic hydroxyl groups excluding tert-OH is 1. The fourth-order valence-electron chi connectivity index (χ4n) is 1.66. The number of halogens is 1. The van der Waals surface area contributed by atoms with E-state index in [1.165, 1.54) is 12.1 Å². The molecule has 98 valence electrons. The molecule has 0 radical (unpaired) electrons. The second-order valence-electron chi connectivity index (χ2n) is 3.74. The summed E-state index contributed by atoms with van der Waals surface area (Å²) in [4.78, 5) is 24.0. The van der Waals surface area contributed by atoms with Crippen LogP contribution in [0.25, 0.3) is 0 Å². The van der Waals surface area contributed by atoms with Gasteiger partial charge in [0.15, 0.2) is 0 Å². The Bertz CT molecular complexity index is 572. The van der Waals surface area contributed by atoms with Crippen molar-refractivity contribution in [1.29, 1.82) is 0 Å². The molecule has 0 aromatic heterocycles. The lowest BCUT2D eigenvalue weighted by Crippen LogP contribution is -2.46. The van der Waals surface area contributed by atoms with E-state index < -0.39 is 17.6 Å². The van der Waals surface area contributed by atoms with Gasteiger partial charge in [-0.3, -0.25) is 9.59 Å². The van der Waals surface area contributed by atoms with E-state index in [9.17, 15) is 14.0 Å². The molecule has 0 atom stereocenters. The number of imide groups is 1. The number of hydrogen-bond donors (Lipinski definition) is 1. The van der Waals surface area contributed by atoms with E-state index in [-0.39, 0.29) is 31.1 Å². The highest BCUT2D eigenvalue weighted by atomic mass is 19.1. The average molecular weight is 263 g/mol.